The van der Waals surface area contributed by atoms with Gasteiger partial charge in [-0.25, -0.2) is 14.8 Å². The van der Waals surface area contributed by atoms with Crippen molar-refractivity contribution in [1.29, 1.82) is 0 Å². The highest BCUT2D eigenvalue weighted by atomic mass is 16.4. The molecule has 0 saturated heterocycles. The van der Waals surface area contributed by atoms with Gasteiger partial charge in [-0.15, -0.1) is 0 Å². The Hall–Kier alpha value is -2.84. The molecule has 4 rings (SSSR count). The van der Waals surface area contributed by atoms with Gasteiger partial charge < -0.3 is 20.6 Å². The molecule has 0 aromatic carbocycles. The highest BCUT2D eigenvalue weighted by Crippen LogP contribution is 2.33. The number of carbonyl (C=O) groups is 1. The van der Waals surface area contributed by atoms with Crippen LogP contribution in [-0.2, 0) is 0 Å². The smallest absolute Gasteiger partial charge is 0.405 e. The maximum atomic E-state index is 9.94. The summed E-state index contributed by atoms with van der Waals surface area (Å²) in [5.74, 6) is 2.30. The number of amides is 1. The second-order valence-electron chi connectivity index (χ2n) is 7.51. The molecule has 2 aliphatic rings. The fraction of sp³-hybridized carbons (Fsp3) is 0.579. The summed E-state index contributed by atoms with van der Waals surface area (Å²) in [7, 11) is 3.85. The van der Waals surface area contributed by atoms with Gasteiger partial charge in [0.25, 0.3) is 0 Å². The molecule has 2 aromatic heterocycles. The second-order valence-corrected chi connectivity index (χ2v) is 7.51. The monoisotopic (exact) mass is 395 g/mol. The summed E-state index contributed by atoms with van der Waals surface area (Å²) in [4.78, 5) is 20.3. The molecule has 0 bridgehead atoms. The Morgan fingerprint density at radius 1 is 1.18 bits per heavy atom. The van der Waals surface area contributed by atoms with E-state index in [0.29, 0.717) is 5.82 Å². The molecule has 2 heterocycles. The lowest BCUT2D eigenvalue weighted by molar-refractivity contribution is 0.189. The van der Waals surface area contributed by atoms with Crippen LogP contribution in [0.2, 0.25) is 0 Å². The number of H-pyrrole nitrogens is 1. The van der Waals surface area contributed by atoms with Crippen LogP contribution in [0.4, 0.5) is 22.2 Å². The lowest BCUT2D eigenvalue weighted by Gasteiger charge is -2.10. The van der Waals surface area contributed by atoms with Gasteiger partial charge in [-0.1, -0.05) is 32.1 Å². The van der Waals surface area contributed by atoms with Gasteiger partial charge in [0.05, 0.1) is 18.6 Å². The van der Waals surface area contributed by atoms with E-state index in [1.165, 1.54) is 32.1 Å². The van der Waals surface area contributed by atoms with E-state index in [1.807, 2.05) is 32.0 Å². The van der Waals surface area contributed by atoms with Gasteiger partial charge >= 0.3 is 6.09 Å². The normalized spacial score (nSPS) is 16.0. The van der Waals surface area contributed by atoms with E-state index < -0.39 is 6.09 Å². The third-order valence-corrected chi connectivity index (χ3v) is 4.52. The van der Waals surface area contributed by atoms with Crippen LogP contribution in [0.1, 0.15) is 56.1 Å². The van der Waals surface area contributed by atoms with Gasteiger partial charge in [-0.2, -0.15) is 5.10 Å². The first kappa shape index (κ1) is 21.5. The van der Waals surface area contributed by atoms with Crippen LogP contribution >= 0.6 is 0 Å². The van der Waals surface area contributed by atoms with Crippen LogP contribution in [-0.4, -0.2) is 51.0 Å². The molecule has 0 radical (unpaired) electrons. The molecule has 0 aliphatic heterocycles. The van der Waals surface area contributed by atoms with Crippen LogP contribution in [0.5, 0.6) is 0 Å². The van der Waals surface area contributed by atoms with Crippen LogP contribution in [0.15, 0.2) is 24.7 Å². The van der Waals surface area contributed by atoms with Crippen LogP contribution in [0, 0.1) is 0 Å². The van der Waals surface area contributed by atoms with E-state index in [4.69, 9.17) is 5.11 Å². The largest absolute Gasteiger partial charge is 0.465 e. The first-order chi connectivity index (χ1) is 13.4. The summed E-state index contributed by atoms with van der Waals surface area (Å²) in [6.07, 6.45) is 13.6. The van der Waals surface area contributed by atoms with E-state index >= 15 is 0 Å². The van der Waals surface area contributed by atoms with Gasteiger partial charge in [0.15, 0.2) is 0 Å². The fourth-order valence-corrected chi connectivity index (χ4v) is 2.53. The van der Waals surface area contributed by atoms with Crippen molar-refractivity contribution < 1.29 is 14.2 Å². The number of anilines is 3. The molecule has 9 nitrogen and oxygen atoms in total. The Morgan fingerprint density at radius 3 is 2.18 bits per heavy atom. The van der Waals surface area contributed by atoms with Crippen molar-refractivity contribution in [1.82, 2.24) is 25.5 Å². The molecular formula is C19H37N7O2. The third-order valence-electron chi connectivity index (χ3n) is 4.52. The standard InChI is InChI=1S/C9H12N6.C5H9NO2.C5H10.3H2/c1-15(2)9-6-10-8(5-11-9)13-7-3-4-12-14-7;1-5(2-3-5)6-4(7)8;1-2-4-5-3-1;;;/h3-6H,1-2H3,(H2,10,12,13,14);6H,2-3H2,1H3,(H,7,8);1-5H2;3*1H. The molecule has 1 amide bonds. The number of aromatic amines is 1. The highest BCUT2D eigenvalue weighted by molar-refractivity contribution is 5.66. The lowest BCUT2D eigenvalue weighted by atomic mass is 10.3. The van der Waals surface area contributed by atoms with Crippen molar-refractivity contribution in [2.24, 2.45) is 0 Å². The number of aromatic nitrogens is 4. The first-order valence-electron chi connectivity index (χ1n) is 9.65. The van der Waals surface area contributed by atoms with Crippen molar-refractivity contribution in [3.8, 4) is 0 Å². The molecule has 2 aromatic rings. The Labute approximate surface area is 170 Å². The molecule has 0 atom stereocenters. The molecule has 9 heteroatoms. The summed E-state index contributed by atoms with van der Waals surface area (Å²) in [5, 5.41) is 20.2. The molecule has 28 heavy (non-hydrogen) atoms. The summed E-state index contributed by atoms with van der Waals surface area (Å²) >= 11 is 0. The van der Waals surface area contributed by atoms with E-state index in [9.17, 15) is 4.79 Å². The predicted molar refractivity (Wildman–Crippen MR) is 116 cm³/mol. The number of nitrogens with zero attached hydrogens (tertiary/aromatic N) is 4. The molecule has 160 valence electrons. The number of nitrogens with one attached hydrogen (secondary N) is 3. The Bertz CT molecular complexity index is 700. The molecule has 4 N–H and O–H groups in total. The molecule has 0 unspecified atom stereocenters. The van der Waals surface area contributed by atoms with Gasteiger partial charge in [0.2, 0.25) is 0 Å². The van der Waals surface area contributed by atoms with E-state index in [0.717, 1.165) is 24.5 Å². The Morgan fingerprint density at radius 2 is 1.82 bits per heavy atom. The number of hydrogen-bond acceptors (Lipinski definition) is 6. The molecule has 0 spiro atoms. The van der Waals surface area contributed by atoms with Crippen molar-refractivity contribution in [3.63, 3.8) is 0 Å². The molecule has 2 aliphatic carbocycles. The minimum Gasteiger partial charge on any atom is -0.465 e. The predicted octanol–water partition coefficient (Wildman–Crippen LogP) is 4.50. The SMILES string of the molecule is C1CCCC1.CC1(NC(=O)O)CC1.CN(C)c1cnc(Nc2ccn[nH]2)cn1.[HH].[HH].[HH]. The maximum absolute atomic E-state index is 9.94. The molecular weight excluding hydrogens is 358 g/mol. The maximum Gasteiger partial charge on any atom is 0.405 e. The van der Waals surface area contributed by atoms with E-state index in [1.54, 1.807) is 18.6 Å². The number of rotatable bonds is 4. The lowest BCUT2D eigenvalue weighted by Crippen LogP contribution is -2.32. The highest BCUT2D eigenvalue weighted by Gasteiger charge is 2.38. The van der Waals surface area contributed by atoms with Gasteiger partial charge in [0, 0.05) is 30.0 Å². The Balaban J connectivity index is 0. The fourth-order valence-electron chi connectivity index (χ4n) is 2.53. The summed E-state index contributed by atoms with van der Waals surface area (Å²) < 4.78 is 0. The average Bonchev–Trinajstić information content (AvgIpc) is 3.10. The average molecular weight is 396 g/mol. The Kier molecular flexibility index (Phi) is 8.03. The minimum absolute atomic E-state index is 0. The summed E-state index contributed by atoms with van der Waals surface area (Å²) in [5.41, 5.74) is -0.0775. The second kappa shape index (κ2) is 10.5. The quantitative estimate of drug-likeness (QED) is 0.601. The summed E-state index contributed by atoms with van der Waals surface area (Å²) in [6.45, 7) is 1.90. The zero-order valence-corrected chi connectivity index (χ0v) is 16.9. The molecule has 2 fully saturated rings. The van der Waals surface area contributed by atoms with Gasteiger partial charge in [-0.3, -0.25) is 5.10 Å². The van der Waals surface area contributed by atoms with Crippen molar-refractivity contribution in [2.45, 2.75) is 57.4 Å². The zero-order valence-electron chi connectivity index (χ0n) is 16.9. The number of hydrogen-bond donors (Lipinski definition) is 4. The van der Waals surface area contributed by atoms with E-state index in [-0.39, 0.29) is 9.82 Å². The van der Waals surface area contributed by atoms with Gasteiger partial charge in [0.1, 0.15) is 17.5 Å². The third kappa shape index (κ3) is 8.24. The van der Waals surface area contributed by atoms with Gasteiger partial charge in [-0.05, 0) is 19.8 Å². The van der Waals surface area contributed by atoms with Crippen molar-refractivity contribution >= 4 is 23.5 Å². The first-order valence-corrected chi connectivity index (χ1v) is 9.65. The zero-order chi connectivity index (χ0) is 20.4. The molecule has 2 saturated carbocycles. The minimum atomic E-state index is -0.912. The van der Waals surface area contributed by atoms with Crippen LogP contribution in [0.25, 0.3) is 0 Å². The van der Waals surface area contributed by atoms with Crippen LogP contribution < -0.4 is 15.5 Å². The van der Waals surface area contributed by atoms with Crippen molar-refractivity contribution in [2.75, 3.05) is 24.3 Å². The topological polar surface area (TPSA) is 119 Å². The number of carboxylic acid groups (broad SMARTS) is 1. The van der Waals surface area contributed by atoms with Crippen LogP contribution in [0.3, 0.4) is 0 Å². The van der Waals surface area contributed by atoms with Crippen molar-refractivity contribution in [3.05, 3.63) is 24.7 Å². The summed E-state index contributed by atoms with van der Waals surface area (Å²) in [6, 6.07) is 1.82. The van der Waals surface area contributed by atoms with E-state index in [2.05, 4.69) is 30.8 Å².